The first-order valence-corrected chi connectivity index (χ1v) is 16.2. The average molecular weight is 598 g/mol. The summed E-state index contributed by atoms with van der Waals surface area (Å²) in [6.45, 7) is 8.55. The van der Waals surface area contributed by atoms with Crippen LogP contribution in [0, 0.1) is 6.92 Å². The van der Waals surface area contributed by atoms with Crippen molar-refractivity contribution in [1.29, 1.82) is 0 Å². The molecule has 1 saturated heterocycles. The molecule has 228 valence electrons. The summed E-state index contributed by atoms with van der Waals surface area (Å²) in [4.78, 5) is 28.9. The number of aromatic amines is 1. The third-order valence-electron chi connectivity index (χ3n) is 9.79. The number of carbonyl (C=O) groups excluding carboxylic acids is 1. The van der Waals surface area contributed by atoms with Gasteiger partial charge in [-0.3, -0.25) is 9.69 Å². The van der Waals surface area contributed by atoms with E-state index in [0.717, 1.165) is 77.4 Å². The molecule has 1 aliphatic carbocycles. The van der Waals surface area contributed by atoms with Crippen LogP contribution in [0.4, 0.5) is 5.69 Å². The Morgan fingerprint density at radius 3 is 2.51 bits per heavy atom. The predicted octanol–water partition coefficient (Wildman–Crippen LogP) is 6.87. The molecular formula is C38H39N5O2. The number of fused-ring (bicyclic) bond motifs is 2. The first-order valence-electron chi connectivity index (χ1n) is 16.2. The zero-order chi connectivity index (χ0) is 30.5. The molecule has 2 aromatic heterocycles. The van der Waals surface area contributed by atoms with Crippen molar-refractivity contribution >= 4 is 22.6 Å². The van der Waals surface area contributed by atoms with E-state index < -0.39 is 0 Å². The van der Waals surface area contributed by atoms with Crippen LogP contribution in [0.15, 0.2) is 79.0 Å². The molecule has 7 heteroatoms. The average Bonchev–Trinajstić information content (AvgIpc) is 3.84. The molecule has 1 amide bonds. The van der Waals surface area contributed by atoms with Gasteiger partial charge >= 0.3 is 0 Å². The number of amides is 1. The van der Waals surface area contributed by atoms with E-state index in [0.29, 0.717) is 30.4 Å². The van der Waals surface area contributed by atoms with Gasteiger partial charge in [-0.25, -0.2) is 4.98 Å². The van der Waals surface area contributed by atoms with E-state index in [9.17, 15) is 4.79 Å². The van der Waals surface area contributed by atoms with Crippen molar-refractivity contribution in [2.75, 3.05) is 51.3 Å². The zero-order valence-corrected chi connectivity index (χ0v) is 26.1. The lowest BCUT2D eigenvalue weighted by Crippen LogP contribution is -2.43. The number of rotatable bonds is 6. The molecule has 5 aromatic rings. The fourth-order valence-electron chi connectivity index (χ4n) is 6.91. The molecule has 1 N–H and O–H groups in total. The Balaban J connectivity index is 1.08. The Labute approximate surface area is 264 Å². The normalized spacial score (nSPS) is 17.7. The summed E-state index contributed by atoms with van der Waals surface area (Å²) in [5.74, 6) is 1.32. The van der Waals surface area contributed by atoms with E-state index in [1.165, 1.54) is 24.0 Å². The van der Waals surface area contributed by atoms with Crippen molar-refractivity contribution in [2.24, 2.45) is 0 Å². The van der Waals surface area contributed by atoms with E-state index in [2.05, 4.69) is 88.3 Å². The highest BCUT2D eigenvalue weighted by atomic mass is 16.5. The highest BCUT2D eigenvalue weighted by Crippen LogP contribution is 2.43. The number of aromatic nitrogens is 2. The number of nitrogens with one attached hydrogen (secondary N) is 1. The van der Waals surface area contributed by atoms with Gasteiger partial charge in [0.1, 0.15) is 18.0 Å². The lowest BCUT2D eigenvalue weighted by molar-refractivity contribution is 0.0989. The first-order chi connectivity index (χ1) is 22.0. The van der Waals surface area contributed by atoms with Crippen LogP contribution >= 0.6 is 0 Å². The fraction of sp³-hybridized carbons (Fsp3) is 0.316. The number of nitrogens with zero attached hydrogens (tertiary/aromatic N) is 4. The third kappa shape index (κ3) is 5.40. The Bertz CT molecular complexity index is 1880. The fourth-order valence-corrected chi connectivity index (χ4v) is 6.91. The summed E-state index contributed by atoms with van der Waals surface area (Å²) in [5.41, 5.74) is 10.5. The highest BCUT2D eigenvalue weighted by Gasteiger charge is 2.30. The van der Waals surface area contributed by atoms with Crippen molar-refractivity contribution in [1.82, 2.24) is 19.8 Å². The summed E-state index contributed by atoms with van der Waals surface area (Å²) in [6, 6.07) is 25.6. The molecule has 0 radical (unpaired) electrons. The maximum atomic E-state index is 13.9. The van der Waals surface area contributed by atoms with Crippen LogP contribution in [-0.2, 0) is 6.54 Å². The molecule has 0 bridgehead atoms. The van der Waals surface area contributed by atoms with Crippen molar-refractivity contribution in [2.45, 2.75) is 32.2 Å². The van der Waals surface area contributed by atoms with E-state index in [1.807, 2.05) is 29.3 Å². The van der Waals surface area contributed by atoms with Gasteiger partial charge in [-0.05, 0) is 96.4 Å². The van der Waals surface area contributed by atoms with E-state index in [1.54, 1.807) is 0 Å². The van der Waals surface area contributed by atoms with Gasteiger partial charge < -0.3 is 19.5 Å². The number of hydrogen-bond acceptors (Lipinski definition) is 5. The second-order valence-electron chi connectivity index (χ2n) is 12.9. The molecule has 0 atom stereocenters. The Hall–Kier alpha value is -4.46. The third-order valence-corrected chi connectivity index (χ3v) is 9.79. The van der Waals surface area contributed by atoms with Gasteiger partial charge in [0.2, 0.25) is 0 Å². The maximum Gasteiger partial charge on any atom is 0.262 e. The second-order valence-corrected chi connectivity index (χ2v) is 12.9. The Morgan fingerprint density at radius 1 is 0.889 bits per heavy atom. The lowest BCUT2D eigenvalue weighted by Gasteiger charge is -2.32. The SMILES string of the molecule is Cc1c(-c2ccnc3[nH]c(-c4ccc(CN5CCN(C)CC5)cc4)cc23)cccc1N1CCOc2cc(C3CC3)ccc2C1=O. The predicted molar refractivity (Wildman–Crippen MR) is 180 cm³/mol. The van der Waals surface area contributed by atoms with Crippen LogP contribution in [0.25, 0.3) is 33.4 Å². The minimum atomic E-state index is -0.00928. The molecule has 0 unspecified atom stereocenters. The van der Waals surface area contributed by atoms with Crippen LogP contribution in [0.2, 0.25) is 0 Å². The highest BCUT2D eigenvalue weighted by molar-refractivity contribution is 6.09. The summed E-state index contributed by atoms with van der Waals surface area (Å²) < 4.78 is 6.12. The summed E-state index contributed by atoms with van der Waals surface area (Å²) in [7, 11) is 2.19. The number of H-pyrrole nitrogens is 1. The van der Waals surface area contributed by atoms with E-state index in [4.69, 9.17) is 4.74 Å². The van der Waals surface area contributed by atoms with E-state index in [-0.39, 0.29) is 5.91 Å². The van der Waals surface area contributed by atoms with E-state index >= 15 is 0 Å². The number of anilines is 1. The van der Waals surface area contributed by atoms with Crippen LogP contribution in [-0.4, -0.2) is 72.1 Å². The molecule has 2 fully saturated rings. The van der Waals surface area contributed by atoms with Crippen molar-refractivity contribution in [3.63, 3.8) is 0 Å². The summed E-state index contributed by atoms with van der Waals surface area (Å²) in [5, 5.41) is 1.07. The van der Waals surface area contributed by atoms with Gasteiger partial charge in [0.15, 0.2) is 0 Å². The van der Waals surface area contributed by atoms with Crippen molar-refractivity contribution in [3.8, 4) is 28.1 Å². The van der Waals surface area contributed by atoms with Gasteiger partial charge in [0, 0.05) is 55.7 Å². The number of benzene rings is 3. The molecule has 7 nitrogen and oxygen atoms in total. The van der Waals surface area contributed by atoms with Crippen LogP contribution in [0.5, 0.6) is 5.75 Å². The minimum Gasteiger partial charge on any atom is -0.491 e. The van der Waals surface area contributed by atoms with Crippen LogP contribution in [0.1, 0.15) is 45.8 Å². The molecule has 0 spiro atoms. The number of ether oxygens (including phenoxy) is 1. The molecule has 3 aromatic carbocycles. The van der Waals surface area contributed by atoms with Gasteiger partial charge in [0.05, 0.1) is 12.1 Å². The maximum absolute atomic E-state index is 13.9. The van der Waals surface area contributed by atoms with Gasteiger partial charge in [-0.1, -0.05) is 42.5 Å². The standard InChI is InChI=1S/C38H39N5O2/c1-25-30(4-3-5-35(25)43-20-21-45-36-22-29(27-10-11-27)12-13-32(36)38(43)44)31-14-15-39-37-33(31)23-34(40-37)28-8-6-26(7-9-28)24-42-18-16-41(2)17-19-42/h3-9,12-15,22-23,27H,10-11,16-21,24H2,1-2H3,(H,39,40). The topological polar surface area (TPSA) is 64.7 Å². The largest absolute Gasteiger partial charge is 0.491 e. The molecule has 8 rings (SSSR count). The smallest absolute Gasteiger partial charge is 0.262 e. The Morgan fingerprint density at radius 2 is 1.71 bits per heavy atom. The van der Waals surface area contributed by atoms with Crippen LogP contribution in [0.3, 0.4) is 0 Å². The van der Waals surface area contributed by atoms with Crippen LogP contribution < -0.4 is 9.64 Å². The van der Waals surface area contributed by atoms with Crippen molar-refractivity contribution < 1.29 is 9.53 Å². The molecule has 45 heavy (non-hydrogen) atoms. The number of pyridine rings is 1. The molecule has 4 heterocycles. The molecule has 1 saturated carbocycles. The number of likely N-dealkylation sites (N-methyl/N-ethyl adjacent to an activating group) is 1. The van der Waals surface area contributed by atoms with Crippen molar-refractivity contribution in [3.05, 3.63) is 101 Å². The quantitative estimate of drug-likeness (QED) is 0.232. The van der Waals surface area contributed by atoms with Gasteiger partial charge in [-0.2, -0.15) is 0 Å². The Kier molecular flexibility index (Phi) is 7.15. The number of hydrogen-bond donors (Lipinski definition) is 1. The monoisotopic (exact) mass is 597 g/mol. The molecule has 3 aliphatic rings. The number of piperazine rings is 1. The number of carbonyl (C=O) groups is 1. The summed E-state index contributed by atoms with van der Waals surface area (Å²) in [6.07, 6.45) is 4.31. The van der Waals surface area contributed by atoms with Gasteiger partial charge in [0.25, 0.3) is 5.91 Å². The molecule has 2 aliphatic heterocycles. The summed E-state index contributed by atoms with van der Waals surface area (Å²) >= 11 is 0. The zero-order valence-electron chi connectivity index (χ0n) is 26.1. The second kappa shape index (κ2) is 11.5. The molecular weight excluding hydrogens is 558 g/mol. The lowest BCUT2D eigenvalue weighted by atomic mass is 9.96. The minimum absolute atomic E-state index is 0.00928. The first kappa shape index (κ1) is 28.0. The van der Waals surface area contributed by atoms with Gasteiger partial charge in [-0.15, -0.1) is 0 Å².